The Morgan fingerprint density at radius 3 is 2.45 bits per heavy atom. The predicted molar refractivity (Wildman–Crippen MR) is 96.7 cm³/mol. The van der Waals surface area contributed by atoms with Gasteiger partial charge in [0, 0.05) is 19.3 Å². The van der Waals surface area contributed by atoms with Crippen LogP contribution in [0.25, 0.3) is 0 Å². The summed E-state index contributed by atoms with van der Waals surface area (Å²) in [6, 6.07) is 7.58. The molecule has 1 aromatic heterocycles. The quantitative estimate of drug-likeness (QED) is 0.597. The molecule has 0 spiro atoms. The van der Waals surface area contributed by atoms with E-state index in [4.69, 9.17) is 0 Å². The number of hydrogen-bond acceptors (Lipinski definition) is 3. The molecule has 0 aliphatic carbocycles. The van der Waals surface area contributed by atoms with Gasteiger partial charge in [-0.05, 0) is 18.1 Å². The summed E-state index contributed by atoms with van der Waals surface area (Å²) in [7, 11) is 0. The molecule has 0 saturated carbocycles. The maximum absolute atomic E-state index is 14.5. The molecular weight excluding hydrogens is 397 g/mol. The van der Waals surface area contributed by atoms with Crippen molar-refractivity contribution in [3.05, 3.63) is 59.5 Å². The van der Waals surface area contributed by atoms with Crippen molar-refractivity contribution >= 4 is 11.9 Å². The van der Waals surface area contributed by atoms with E-state index >= 15 is 0 Å². The second kappa shape index (κ2) is 9.53. The zero-order chi connectivity index (χ0) is 21.6. The summed E-state index contributed by atoms with van der Waals surface area (Å²) in [6.07, 6.45) is -7.27. The number of hydrogen-bond donors (Lipinski definition) is 2. The third-order valence-electron chi connectivity index (χ3n) is 4.30. The van der Waals surface area contributed by atoms with Gasteiger partial charge in [-0.3, -0.25) is 4.90 Å². The number of halogens is 5. The van der Waals surface area contributed by atoms with Crippen LogP contribution in [0.15, 0.2) is 42.6 Å². The summed E-state index contributed by atoms with van der Waals surface area (Å²) in [5.41, 5.74) is -0.632. The molecule has 0 aliphatic rings. The molecule has 5 nitrogen and oxygen atoms in total. The van der Waals surface area contributed by atoms with Crippen molar-refractivity contribution in [2.45, 2.75) is 38.3 Å². The summed E-state index contributed by atoms with van der Waals surface area (Å²) in [5.74, 6) is -1.79. The zero-order valence-corrected chi connectivity index (χ0v) is 15.5. The first-order chi connectivity index (χ1) is 13.6. The van der Waals surface area contributed by atoms with E-state index in [1.54, 1.807) is 30.3 Å². The number of nitrogens with zero attached hydrogens (tertiary/aromatic N) is 2. The molecule has 10 heteroatoms. The van der Waals surface area contributed by atoms with Gasteiger partial charge in [-0.1, -0.05) is 37.3 Å². The third kappa shape index (κ3) is 6.03. The monoisotopic (exact) mass is 417 g/mol. The number of rotatable bonds is 8. The first-order valence-corrected chi connectivity index (χ1v) is 8.77. The molecule has 2 aromatic rings. The molecule has 2 atom stereocenters. The van der Waals surface area contributed by atoms with E-state index in [2.05, 4.69) is 10.3 Å². The lowest BCUT2D eigenvalue weighted by Gasteiger charge is -2.32. The van der Waals surface area contributed by atoms with Crippen LogP contribution in [0.5, 0.6) is 0 Å². The number of anilines is 1. The van der Waals surface area contributed by atoms with Gasteiger partial charge in [0.05, 0.1) is 11.6 Å². The SMILES string of the molecule is CC[C@H](F)[C@@H](CNc1ncc(C(F)(F)F)cc1F)N(Cc1ccccc1)C(=O)O. The van der Waals surface area contributed by atoms with E-state index < -0.39 is 41.7 Å². The van der Waals surface area contributed by atoms with Crippen LogP contribution in [0.3, 0.4) is 0 Å². The van der Waals surface area contributed by atoms with E-state index in [1.807, 2.05) is 0 Å². The van der Waals surface area contributed by atoms with Gasteiger partial charge in [-0.2, -0.15) is 13.2 Å². The normalized spacial score (nSPS) is 13.6. The summed E-state index contributed by atoms with van der Waals surface area (Å²) >= 11 is 0. The predicted octanol–water partition coefficient (Wildman–Crippen LogP) is 4.95. The molecule has 0 saturated heterocycles. The first kappa shape index (κ1) is 22.4. The lowest BCUT2D eigenvalue weighted by atomic mass is 10.1. The van der Waals surface area contributed by atoms with Crippen LogP contribution in [0.4, 0.5) is 32.6 Å². The molecule has 1 heterocycles. The van der Waals surface area contributed by atoms with Crippen molar-refractivity contribution in [1.29, 1.82) is 0 Å². The van der Waals surface area contributed by atoms with Crippen LogP contribution in [0, 0.1) is 5.82 Å². The highest BCUT2D eigenvalue weighted by atomic mass is 19.4. The van der Waals surface area contributed by atoms with Gasteiger partial charge in [-0.25, -0.2) is 18.6 Å². The molecule has 1 amide bonds. The third-order valence-corrected chi connectivity index (χ3v) is 4.30. The van der Waals surface area contributed by atoms with Crippen molar-refractivity contribution in [3.63, 3.8) is 0 Å². The highest BCUT2D eigenvalue weighted by molar-refractivity contribution is 5.65. The van der Waals surface area contributed by atoms with Crippen LogP contribution >= 0.6 is 0 Å². The minimum Gasteiger partial charge on any atom is -0.465 e. The Balaban J connectivity index is 2.20. The topological polar surface area (TPSA) is 65.5 Å². The Labute approximate surface area is 164 Å². The van der Waals surface area contributed by atoms with E-state index in [0.29, 0.717) is 11.8 Å². The van der Waals surface area contributed by atoms with E-state index in [0.717, 1.165) is 4.90 Å². The van der Waals surface area contributed by atoms with E-state index in [1.165, 1.54) is 6.92 Å². The number of carbonyl (C=O) groups is 1. The Morgan fingerprint density at radius 2 is 1.93 bits per heavy atom. The average molecular weight is 417 g/mol. The highest BCUT2D eigenvalue weighted by Gasteiger charge is 2.33. The Morgan fingerprint density at radius 1 is 1.28 bits per heavy atom. The number of aromatic nitrogens is 1. The summed E-state index contributed by atoms with van der Waals surface area (Å²) < 4.78 is 66.4. The summed E-state index contributed by atoms with van der Waals surface area (Å²) in [4.78, 5) is 16.0. The molecule has 29 heavy (non-hydrogen) atoms. The number of amides is 1. The van der Waals surface area contributed by atoms with Crippen LogP contribution in [0.2, 0.25) is 0 Å². The van der Waals surface area contributed by atoms with Crippen LogP contribution in [-0.2, 0) is 12.7 Å². The van der Waals surface area contributed by atoms with Crippen molar-refractivity contribution < 1.29 is 31.9 Å². The number of benzene rings is 1. The van der Waals surface area contributed by atoms with Crippen LogP contribution < -0.4 is 5.32 Å². The molecule has 158 valence electrons. The Bertz CT molecular complexity index is 817. The van der Waals surface area contributed by atoms with E-state index in [9.17, 15) is 31.9 Å². The number of pyridine rings is 1. The van der Waals surface area contributed by atoms with Gasteiger partial charge in [0.1, 0.15) is 6.17 Å². The van der Waals surface area contributed by atoms with Crippen molar-refractivity contribution in [2.75, 3.05) is 11.9 Å². The van der Waals surface area contributed by atoms with Gasteiger partial charge < -0.3 is 10.4 Å². The van der Waals surface area contributed by atoms with Gasteiger partial charge >= 0.3 is 12.3 Å². The molecule has 2 N–H and O–H groups in total. The molecular formula is C19H20F5N3O2. The maximum Gasteiger partial charge on any atom is 0.417 e. The lowest BCUT2D eigenvalue weighted by Crippen LogP contribution is -2.48. The fourth-order valence-corrected chi connectivity index (χ4v) is 2.74. The van der Waals surface area contributed by atoms with Gasteiger partial charge in [0.25, 0.3) is 0 Å². The van der Waals surface area contributed by atoms with Crippen LogP contribution in [0.1, 0.15) is 24.5 Å². The molecule has 0 aliphatic heterocycles. The highest BCUT2D eigenvalue weighted by Crippen LogP contribution is 2.30. The first-order valence-electron chi connectivity index (χ1n) is 8.77. The summed E-state index contributed by atoms with van der Waals surface area (Å²) in [5, 5.41) is 12.0. The molecule has 0 bridgehead atoms. The van der Waals surface area contributed by atoms with Crippen molar-refractivity contribution in [2.24, 2.45) is 0 Å². The van der Waals surface area contributed by atoms with Gasteiger partial charge in [0.15, 0.2) is 11.6 Å². The molecule has 0 fully saturated rings. The van der Waals surface area contributed by atoms with E-state index in [-0.39, 0.29) is 25.6 Å². The number of alkyl halides is 4. The zero-order valence-electron chi connectivity index (χ0n) is 15.5. The molecule has 1 aromatic carbocycles. The Hall–Kier alpha value is -2.91. The second-order valence-corrected chi connectivity index (χ2v) is 6.32. The van der Waals surface area contributed by atoms with Crippen molar-refractivity contribution in [3.8, 4) is 0 Å². The van der Waals surface area contributed by atoms with Gasteiger partial charge in [-0.15, -0.1) is 0 Å². The minimum atomic E-state index is -4.75. The fraction of sp³-hybridized carbons (Fsp3) is 0.368. The Kier molecular flexibility index (Phi) is 7.35. The molecule has 0 unspecified atom stereocenters. The minimum absolute atomic E-state index is 0.00611. The maximum atomic E-state index is 14.5. The smallest absolute Gasteiger partial charge is 0.417 e. The number of nitrogens with one attached hydrogen (secondary N) is 1. The summed E-state index contributed by atoms with van der Waals surface area (Å²) in [6.45, 7) is 1.05. The van der Waals surface area contributed by atoms with Crippen LogP contribution in [-0.4, -0.2) is 39.8 Å². The largest absolute Gasteiger partial charge is 0.465 e. The number of carboxylic acid groups (broad SMARTS) is 1. The van der Waals surface area contributed by atoms with Gasteiger partial charge in [0.2, 0.25) is 0 Å². The molecule has 2 rings (SSSR count). The second-order valence-electron chi connectivity index (χ2n) is 6.32. The fourth-order valence-electron chi connectivity index (χ4n) is 2.74. The lowest BCUT2D eigenvalue weighted by molar-refractivity contribution is -0.138. The average Bonchev–Trinajstić information content (AvgIpc) is 2.67. The van der Waals surface area contributed by atoms with Crippen molar-refractivity contribution in [1.82, 2.24) is 9.88 Å². The standard InChI is InChI=1S/C19H20F5N3O2/c1-2-14(20)16(27(18(28)29)11-12-6-4-3-5-7-12)10-26-17-15(21)8-13(9-25-17)19(22,23)24/h3-9,14,16H,2,10-11H2,1H3,(H,25,26)(H,28,29)/t14-,16+/m0/s1. The molecule has 0 radical (unpaired) electrons.